The van der Waals surface area contributed by atoms with Crippen LogP contribution in [-0.2, 0) is 4.79 Å². The van der Waals surface area contributed by atoms with E-state index in [0.717, 1.165) is 38.8 Å². The van der Waals surface area contributed by atoms with Crippen molar-refractivity contribution in [2.45, 2.75) is 44.7 Å². The molecule has 0 aromatic carbocycles. The Morgan fingerprint density at radius 3 is 2.44 bits per heavy atom. The topological polar surface area (TPSA) is 84.5 Å². The van der Waals surface area contributed by atoms with Crippen molar-refractivity contribution in [2.24, 2.45) is 0 Å². The highest BCUT2D eigenvalue weighted by atomic mass is 35.5. The van der Waals surface area contributed by atoms with Crippen molar-refractivity contribution in [1.29, 1.82) is 0 Å². The Kier molecular flexibility index (Phi) is 6.34. The van der Waals surface area contributed by atoms with E-state index in [1.807, 2.05) is 0 Å². The van der Waals surface area contributed by atoms with Gasteiger partial charge < -0.3 is 25.4 Å². The van der Waals surface area contributed by atoms with Gasteiger partial charge in [-0.05, 0) is 38.8 Å². The molecule has 3 heterocycles. The number of hydrogen-bond acceptors (Lipinski definition) is 6. The van der Waals surface area contributed by atoms with E-state index in [0.29, 0.717) is 42.6 Å². The van der Waals surface area contributed by atoms with Crippen molar-refractivity contribution < 1.29 is 14.3 Å². The van der Waals surface area contributed by atoms with Crippen molar-refractivity contribution in [1.82, 2.24) is 15.6 Å². The molecule has 2 saturated heterocycles. The van der Waals surface area contributed by atoms with E-state index < -0.39 is 0 Å². The summed E-state index contributed by atoms with van der Waals surface area (Å²) in [6.07, 6.45) is 4.47. The molecular weight excluding hydrogens is 344 g/mol. The summed E-state index contributed by atoms with van der Waals surface area (Å²) in [7, 11) is 0. The van der Waals surface area contributed by atoms with E-state index in [9.17, 15) is 4.79 Å². The molecule has 138 valence electrons. The van der Waals surface area contributed by atoms with Gasteiger partial charge >= 0.3 is 0 Å². The van der Waals surface area contributed by atoms with E-state index in [4.69, 9.17) is 21.1 Å². The van der Waals surface area contributed by atoms with Gasteiger partial charge in [0.1, 0.15) is 13.2 Å². The maximum absolute atomic E-state index is 11.3. The summed E-state index contributed by atoms with van der Waals surface area (Å²) in [5, 5.41) is 9.63. The first-order valence-electron chi connectivity index (χ1n) is 8.82. The fraction of sp³-hybridized carbons (Fsp3) is 0.647. The number of nitrogens with one attached hydrogen (secondary N) is 3. The number of halogens is 1. The predicted molar refractivity (Wildman–Crippen MR) is 96.6 cm³/mol. The van der Waals surface area contributed by atoms with Crippen molar-refractivity contribution >= 4 is 23.2 Å². The summed E-state index contributed by atoms with van der Waals surface area (Å²) in [4.78, 5) is 15.6. The first-order valence-corrected chi connectivity index (χ1v) is 9.20. The minimum Gasteiger partial charge on any atom is -0.486 e. The molecule has 0 unspecified atom stereocenters. The van der Waals surface area contributed by atoms with E-state index >= 15 is 0 Å². The molecule has 0 bridgehead atoms. The van der Waals surface area contributed by atoms with E-state index in [2.05, 4.69) is 20.9 Å². The quantitative estimate of drug-likeness (QED) is 0.638. The zero-order chi connectivity index (χ0) is 17.6. The second-order valence-corrected chi connectivity index (χ2v) is 6.88. The molecule has 2 aliphatic rings. The van der Waals surface area contributed by atoms with Gasteiger partial charge in [-0.15, -0.1) is 0 Å². The molecule has 1 amide bonds. The van der Waals surface area contributed by atoms with Crippen LogP contribution in [0.15, 0.2) is 6.07 Å². The van der Waals surface area contributed by atoms with Crippen LogP contribution in [0.25, 0.3) is 0 Å². The Hall–Kier alpha value is -1.57. The smallest absolute Gasteiger partial charge is 0.258 e. The van der Waals surface area contributed by atoms with Crippen molar-refractivity contribution in [3.63, 3.8) is 0 Å². The molecular formula is C17H25ClN4O3. The fourth-order valence-corrected chi connectivity index (χ4v) is 3.29. The van der Waals surface area contributed by atoms with Gasteiger partial charge in [-0.2, -0.15) is 4.98 Å². The Balaban J connectivity index is 1.72. The molecule has 0 aliphatic carbocycles. The number of carbonyl (C=O) groups excluding carboxylic acids is 1. The van der Waals surface area contributed by atoms with Crippen molar-refractivity contribution in [3.05, 3.63) is 11.2 Å². The maximum Gasteiger partial charge on any atom is 0.258 e. The number of nitrogens with zero attached hydrogens (tertiary/aromatic N) is 1. The minimum atomic E-state index is -0.212. The zero-order valence-corrected chi connectivity index (χ0v) is 15.2. The van der Waals surface area contributed by atoms with Crippen LogP contribution in [0, 0.1) is 0 Å². The Morgan fingerprint density at radius 2 is 1.88 bits per heavy atom. The number of ether oxygens (including phenoxy) is 2. The summed E-state index contributed by atoms with van der Waals surface area (Å²) in [5.41, 5.74) is 0.426. The van der Waals surface area contributed by atoms with Gasteiger partial charge in [0.05, 0.1) is 5.69 Å². The van der Waals surface area contributed by atoms with Gasteiger partial charge in [0.25, 0.3) is 5.88 Å². The van der Waals surface area contributed by atoms with Crippen molar-refractivity contribution in [2.75, 3.05) is 31.6 Å². The second-order valence-electron chi connectivity index (χ2n) is 6.52. The van der Waals surface area contributed by atoms with Gasteiger partial charge in [0, 0.05) is 25.1 Å². The predicted octanol–water partition coefficient (Wildman–Crippen LogP) is 1.95. The normalized spacial score (nSPS) is 22.8. The highest BCUT2D eigenvalue weighted by molar-refractivity contribution is 6.32. The van der Waals surface area contributed by atoms with Crippen LogP contribution in [0.2, 0.25) is 5.15 Å². The van der Waals surface area contributed by atoms with Gasteiger partial charge in [-0.25, -0.2) is 0 Å². The molecule has 2 fully saturated rings. The lowest BCUT2D eigenvalue weighted by molar-refractivity contribution is -0.114. The van der Waals surface area contributed by atoms with Gasteiger partial charge in [-0.1, -0.05) is 11.6 Å². The average molecular weight is 369 g/mol. The largest absolute Gasteiger partial charge is 0.486 e. The van der Waals surface area contributed by atoms with E-state index in [1.54, 1.807) is 6.07 Å². The summed E-state index contributed by atoms with van der Waals surface area (Å²) in [6.45, 7) is 4.50. The summed E-state index contributed by atoms with van der Waals surface area (Å²) < 4.78 is 11.8. The monoisotopic (exact) mass is 368 g/mol. The number of carbonyl (C=O) groups is 1. The number of rotatable bonds is 7. The third-order valence-electron chi connectivity index (χ3n) is 4.40. The van der Waals surface area contributed by atoms with Crippen LogP contribution in [0.4, 0.5) is 5.69 Å². The molecule has 7 nitrogen and oxygen atoms in total. The molecule has 1 aromatic rings. The number of anilines is 1. The molecule has 0 radical (unpaired) electrons. The summed E-state index contributed by atoms with van der Waals surface area (Å²) >= 11 is 6.18. The SMILES string of the molecule is CC(=O)Nc1cc(OC[C@H]2CCCN2)c(OC[C@H]2CCCN2)nc1Cl. The molecule has 1 aromatic heterocycles. The summed E-state index contributed by atoms with van der Waals surface area (Å²) in [5.74, 6) is 0.654. The van der Waals surface area contributed by atoms with Gasteiger partial charge in [0.15, 0.2) is 10.9 Å². The molecule has 0 saturated carbocycles. The third-order valence-corrected chi connectivity index (χ3v) is 4.69. The zero-order valence-electron chi connectivity index (χ0n) is 14.4. The number of hydrogen-bond donors (Lipinski definition) is 3. The third kappa shape index (κ3) is 5.20. The molecule has 3 rings (SSSR count). The van der Waals surface area contributed by atoms with Crippen LogP contribution in [0.5, 0.6) is 11.6 Å². The standard InChI is InChI=1S/C17H25ClN4O3/c1-11(23)21-14-8-15(24-9-12-4-2-6-19-12)17(22-16(14)18)25-10-13-5-3-7-20-13/h8,12-13,19-20H,2-7,9-10H2,1H3,(H,21,23)/t12-,13-/m1/s1. The average Bonchev–Trinajstić information content (AvgIpc) is 3.26. The van der Waals surface area contributed by atoms with E-state index in [-0.39, 0.29) is 11.1 Å². The molecule has 2 atom stereocenters. The lowest BCUT2D eigenvalue weighted by Crippen LogP contribution is -2.29. The molecule has 25 heavy (non-hydrogen) atoms. The van der Waals surface area contributed by atoms with Crippen LogP contribution < -0.4 is 25.4 Å². The number of pyridine rings is 1. The van der Waals surface area contributed by atoms with Crippen LogP contribution in [0.1, 0.15) is 32.6 Å². The molecule has 2 aliphatic heterocycles. The maximum atomic E-state index is 11.3. The number of aromatic nitrogens is 1. The van der Waals surface area contributed by atoms with Crippen molar-refractivity contribution in [3.8, 4) is 11.6 Å². The lowest BCUT2D eigenvalue weighted by Gasteiger charge is -2.18. The fourth-order valence-electron chi connectivity index (χ4n) is 3.11. The van der Waals surface area contributed by atoms with Crippen LogP contribution in [-0.4, -0.2) is 49.3 Å². The Bertz CT molecular complexity index is 602. The van der Waals surface area contributed by atoms with Crippen LogP contribution in [0.3, 0.4) is 0 Å². The van der Waals surface area contributed by atoms with Gasteiger partial charge in [-0.3, -0.25) is 4.79 Å². The summed E-state index contributed by atoms with van der Waals surface area (Å²) in [6, 6.07) is 2.33. The number of amides is 1. The highest BCUT2D eigenvalue weighted by Gasteiger charge is 2.20. The second kappa shape index (κ2) is 8.69. The van der Waals surface area contributed by atoms with E-state index in [1.165, 1.54) is 6.92 Å². The molecule has 3 N–H and O–H groups in total. The molecule has 0 spiro atoms. The highest BCUT2D eigenvalue weighted by Crippen LogP contribution is 2.33. The minimum absolute atomic E-state index is 0.191. The lowest BCUT2D eigenvalue weighted by atomic mass is 10.2. The van der Waals surface area contributed by atoms with Gasteiger partial charge in [0.2, 0.25) is 5.91 Å². The van der Waals surface area contributed by atoms with Crippen LogP contribution >= 0.6 is 11.6 Å². The Labute approximate surface area is 152 Å². The first-order chi connectivity index (χ1) is 12.1. The first kappa shape index (κ1) is 18.2. The molecule has 8 heteroatoms. The Morgan fingerprint density at radius 1 is 1.24 bits per heavy atom.